The first kappa shape index (κ1) is 13.5. The average Bonchev–Trinajstić information content (AvgIpc) is 2.82. The minimum Gasteiger partial charge on any atom is -0.493 e. The molecule has 0 N–H and O–H groups in total. The SMILES string of the molecule is CCCn1ncc(OC)c1C(=O)c1ncccc1Cl. The number of ether oxygens (including phenoxy) is 1. The molecule has 0 aliphatic heterocycles. The summed E-state index contributed by atoms with van der Waals surface area (Å²) in [5.74, 6) is 0.147. The van der Waals surface area contributed by atoms with Crippen LogP contribution in [0.1, 0.15) is 29.5 Å². The lowest BCUT2D eigenvalue weighted by atomic mass is 10.2. The van der Waals surface area contributed by atoms with Gasteiger partial charge in [0.05, 0.1) is 18.3 Å². The van der Waals surface area contributed by atoms with E-state index in [9.17, 15) is 4.79 Å². The molecule has 0 unspecified atom stereocenters. The van der Waals surface area contributed by atoms with E-state index >= 15 is 0 Å². The number of ketones is 1. The zero-order chi connectivity index (χ0) is 13.8. The number of aryl methyl sites for hydroxylation is 1. The molecule has 5 nitrogen and oxygen atoms in total. The van der Waals surface area contributed by atoms with Gasteiger partial charge in [-0.3, -0.25) is 14.5 Å². The molecule has 2 aromatic rings. The number of carbonyl (C=O) groups is 1. The number of halogens is 1. The van der Waals surface area contributed by atoms with Crippen molar-refractivity contribution < 1.29 is 9.53 Å². The van der Waals surface area contributed by atoms with Gasteiger partial charge in [0.15, 0.2) is 11.4 Å². The Bertz CT molecular complexity index is 595. The molecule has 0 saturated carbocycles. The Hall–Kier alpha value is -1.88. The molecule has 100 valence electrons. The Balaban J connectivity index is 2.48. The molecule has 0 bridgehead atoms. The first-order valence-corrected chi connectivity index (χ1v) is 6.31. The third-order valence-corrected chi connectivity index (χ3v) is 2.95. The Morgan fingerprint density at radius 3 is 2.95 bits per heavy atom. The van der Waals surface area contributed by atoms with E-state index in [0.717, 1.165) is 6.42 Å². The second-order valence-corrected chi connectivity index (χ2v) is 4.35. The first-order chi connectivity index (χ1) is 9.19. The molecule has 19 heavy (non-hydrogen) atoms. The number of rotatable bonds is 5. The van der Waals surface area contributed by atoms with Crippen LogP contribution in [-0.4, -0.2) is 27.7 Å². The van der Waals surface area contributed by atoms with Gasteiger partial charge in [-0.05, 0) is 18.6 Å². The van der Waals surface area contributed by atoms with Gasteiger partial charge in [0.25, 0.3) is 0 Å². The van der Waals surface area contributed by atoms with Crippen LogP contribution >= 0.6 is 11.6 Å². The highest BCUT2D eigenvalue weighted by Gasteiger charge is 2.23. The molecule has 0 atom stereocenters. The summed E-state index contributed by atoms with van der Waals surface area (Å²) >= 11 is 6.01. The molecule has 2 aromatic heterocycles. The zero-order valence-corrected chi connectivity index (χ0v) is 11.5. The van der Waals surface area contributed by atoms with Crippen molar-refractivity contribution in [2.45, 2.75) is 19.9 Å². The quantitative estimate of drug-likeness (QED) is 0.790. The number of hydrogen-bond acceptors (Lipinski definition) is 4. The van der Waals surface area contributed by atoms with Crippen molar-refractivity contribution in [1.82, 2.24) is 14.8 Å². The third kappa shape index (κ3) is 2.61. The molecule has 0 spiro atoms. The van der Waals surface area contributed by atoms with Gasteiger partial charge in [-0.15, -0.1) is 0 Å². The second kappa shape index (κ2) is 5.84. The van der Waals surface area contributed by atoms with Gasteiger partial charge < -0.3 is 4.74 Å². The number of methoxy groups -OCH3 is 1. The van der Waals surface area contributed by atoms with E-state index in [1.54, 1.807) is 16.8 Å². The van der Waals surface area contributed by atoms with Gasteiger partial charge >= 0.3 is 0 Å². The average molecular weight is 280 g/mol. The molecule has 0 aromatic carbocycles. The largest absolute Gasteiger partial charge is 0.493 e. The monoisotopic (exact) mass is 279 g/mol. The number of hydrogen-bond donors (Lipinski definition) is 0. The maximum atomic E-state index is 12.5. The van der Waals surface area contributed by atoms with Crippen LogP contribution in [0.5, 0.6) is 5.75 Å². The van der Waals surface area contributed by atoms with E-state index in [4.69, 9.17) is 16.3 Å². The predicted molar refractivity (Wildman–Crippen MR) is 71.7 cm³/mol. The summed E-state index contributed by atoms with van der Waals surface area (Å²) in [4.78, 5) is 16.5. The first-order valence-electron chi connectivity index (χ1n) is 5.94. The van der Waals surface area contributed by atoms with Gasteiger partial charge in [0.2, 0.25) is 5.78 Å². The normalized spacial score (nSPS) is 10.5. The molecular weight excluding hydrogens is 266 g/mol. The van der Waals surface area contributed by atoms with Gasteiger partial charge in [0, 0.05) is 12.7 Å². The zero-order valence-electron chi connectivity index (χ0n) is 10.8. The van der Waals surface area contributed by atoms with Crippen LogP contribution in [0, 0.1) is 0 Å². The highest BCUT2D eigenvalue weighted by atomic mass is 35.5. The fourth-order valence-corrected chi connectivity index (χ4v) is 2.00. The Labute approximate surface area is 116 Å². The van der Waals surface area contributed by atoms with Crippen LogP contribution < -0.4 is 4.74 Å². The van der Waals surface area contributed by atoms with Crippen molar-refractivity contribution in [3.05, 3.63) is 40.9 Å². The lowest BCUT2D eigenvalue weighted by Crippen LogP contribution is -2.14. The third-order valence-electron chi connectivity index (χ3n) is 2.65. The Kier molecular flexibility index (Phi) is 4.16. The molecule has 6 heteroatoms. The number of pyridine rings is 1. The summed E-state index contributed by atoms with van der Waals surface area (Å²) in [6, 6.07) is 3.31. The number of nitrogens with zero attached hydrogens (tertiary/aromatic N) is 3. The number of aromatic nitrogens is 3. The van der Waals surface area contributed by atoms with Crippen LogP contribution in [0.25, 0.3) is 0 Å². The molecule has 2 rings (SSSR count). The van der Waals surface area contributed by atoms with Crippen LogP contribution in [0.15, 0.2) is 24.5 Å². The van der Waals surface area contributed by atoms with E-state index in [-0.39, 0.29) is 11.5 Å². The molecule has 0 fully saturated rings. The van der Waals surface area contributed by atoms with Crippen LogP contribution in [0.3, 0.4) is 0 Å². The molecule has 2 heterocycles. The van der Waals surface area contributed by atoms with Gasteiger partial charge in [0.1, 0.15) is 5.69 Å². The molecule has 0 amide bonds. The smallest absolute Gasteiger partial charge is 0.234 e. The van der Waals surface area contributed by atoms with Gasteiger partial charge in [-0.1, -0.05) is 18.5 Å². The maximum Gasteiger partial charge on any atom is 0.234 e. The van der Waals surface area contributed by atoms with Crippen molar-refractivity contribution in [1.29, 1.82) is 0 Å². The van der Waals surface area contributed by atoms with E-state index < -0.39 is 0 Å². The van der Waals surface area contributed by atoms with Crippen LogP contribution in [0.4, 0.5) is 0 Å². The van der Waals surface area contributed by atoms with Crippen molar-refractivity contribution in [3.63, 3.8) is 0 Å². The minimum absolute atomic E-state index is 0.209. The minimum atomic E-state index is -0.284. The summed E-state index contributed by atoms with van der Waals surface area (Å²) in [5.41, 5.74) is 0.588. The van der Waals surface area contributed by atoms with E-state index in [2.05, 4.69) is 10.1 Å². The topological polar surface area (TPSA) is 57.0 Å². The van der Waals surface area contributed by atoms with Gasteiger partial charge in [-0.25, -0.2) is 0 Å². The standard InChI is InChI=1S/C13H14ClN3O2/c1-3-7-17-12(10(19-2)8-16-17)13(18)11-9(14)5-4-6-15-11/h4-6,8H,3,7H2,1-2H3. The summed E-state index contributed by atoms with van der Waals surface area (Å²) in [6.07, 6.45) is 3.92. The summed E-state index contributed by atoms with van der Waals surface area (Å²) < 4.78 is 6.80. The molecular formula is C13H14ClN3O2. The Morgan fingerprint density at radius 2 is 2.32 bits per heavy atom. The lowest BCUT2D eigenvalue weighted by Gasteiger charge is -2.07. The maximum absolute atomic E-state index is 12.5. The van der Waals surface area contributed by atoms with E-state index in [1.807, 2.05) is 6.92 Å². The van der Waals surface area contributed by atoms with Crippen LogP contribution in [0.2, 0.25) is 5.02 Å². The second-order valence-electron chi connectivity index (χ2n) is 3.95. The fraction of sp³-hybridized carbons (Fsp3) is 0.308. The highest BCUT2D eigenvalue weighted by molar-refractivity contribution is 6.34. The van der Waals surface area contributed by atoms with E-state index in [1.165, 1.54) is 19.5 Å². The van der Waals surface area contributed by atoms with Crippen LogP contribution in [-0.2, 0) is 6.54 Å². The van der Waals surface area contributed by atoms with Crippen molar-refractivity contribution in [2.24, 2.45) is 0 Å². The molecule has 0 radical (unpaired) electrons. The summed E-state index contributed by atoms with van der Waals surface area (Å²) in [6.45, 7) is 2.64. The lowest BCUT2D eigenvalue weighted by molar-refractivity contribution is 0.102. The Morgan fingerprint density at radius 1 is 1.53 bits per heavy atom. The van der Waals surface area contributed by atoms with Crippen molar-refractivity contribution in [3.8, 4) is 5.75 Å². The molecule has 0 aliphatic rings. The predicted octanol–water partition coefficient (Wildman–Crippen LogP) is 2.58. The summed E-state index contributed by atoms with van der Waals surface area (Å²) in [7, 11) is 1.50. The van der Waals surface area contributed by atoms with Gasteiger partial charge in [-0.2, -0.15) is 5.10 Å². The molecule has 0 saturated heterocycles. The van der Waals surface area contributed by atoms with Crippen molar-refractivity contribution in [2.75, 3.05) is 7.11 Å². The van der Waals surface area contributed by atoms with E-state index in [0.29, 0.717) is 23.0 Å². The summed E-state index contributed by atoms with van der Waals surface area (Å²) in [5, 5.41) is 4.47. The highest BCUT2D eigenvalue weighted by Crippen LogP contribution is 2.23. The fourth-order valence-electron chi connectivity index (χ4n) is 1.79. The number of carbonyl (C=O) groups excluding carboxylic acids is 1. The molecule has 0 aliphatic carbocycles. The van der Waals surface area contributed by atoms with Crippen molar-refractivity contribution >= 4 is 17.4 Å².